The Morgan fingerprint density at radius 1 is 0.897 bits per heavy atom. The van der Waals surface area contributed by atoms with E-state index in [-0.39, 0.29) is 4.90 Å². The highest BCUT2D eigenvalue weighted by Crippen LogP contribution is 2.28. The average Bonchev–Trinajstić information content (AvgIpc) is 2.69. The average molecular weight is 404 g/mol. The second-order valence-electron chi connectivity index (χ2n) is 6.93. The van der Waals surface area contributed by atoms with Crippen molar-refractivity contribution in [3.8, 4) is 11.4 Å². The molecule has 0 atom stereocenters. The van der Waals surface area contributed by atoms with Crippen LogP contribution in [0.15, 0.2) is 71.6 Å². The monoisotopic (exact) mass is 404 g/mol. The van der Waals surface area contributed by atoms with E-state index in [0.717, 1.165) is 22.0 Å². The van der Waals surface area contributed by atoms with Gasteiger partial charge in [-0.15, -0.1) is 0 Å². The van der Waals surface area contributed by atoms with Crippen molar-refractivity contribution in [3.05, 3.63) is 77.9 Å². The summed E-state index contributed by atoms with van der Waals surface area (Å²) >= 11 is 0. The number of fused-ring (bicyclic) bond motifs is 1. The van der Waals surface area contributed by atoms with Gasteiger partial charge in [0.25, 0.3) is 0 Å². The zero-order valence-corrected chi connectivity index (χ0v) is 16.9. The maximum atomic E-state index is 11.9. The molecule has 0 amide bonds. The molecule has 4 aromatic rings. The number of nitrogens with one attached hydrogen (secondary N) is 1. The number of aromatic nitrogens is 2. The van der Waals surface area contributed by atoms with Gasteiger partial charge in [0.15, 0.2) is 5.82 Å². The highest BCUT2D eigenvalue weighted by molar-refractivity contribution is 7.89. The number of primary sulfonamides is 1. The molecule has 4 rings (SSSR count). The zero-order chi connectivity index (χ0) is 20.6. The lowest BCUT2D eigenvalue weighted by Gasteiger charge is -2.13. The van der Waals surface area contributed by atoms with Gasteiger partial charge in [0, 0.05) is 16.6 Å². The van der Waals surface area contributed by atoms with Gasteiger partial charge >= 0.3 is 0 Å². The van der Waals surface area contributed by atoms with E-state index < -0.39 is 10.0 Å². The fourth-order valence-corrected chi connectivity index (χ4v) is 3.93. The van der Waals surface area contributed by atoms with Crippen molar-refractivity contribution in [2.45, 2.75) is 18.7 Å². The van der Waals surface area contributed by atoms with E-state index in [1.54, 1.807) is 19.1 Å². The molecule has 146 valence electrons. The van der Waals surface area contributed by atoms with Gasteiger partial charge < -0.3 is 5.32 Å². The van der Waals surface area contributed by atoms with Gasteiger partial charge in [0.2, 0.25) is 10.0 Å². The maximum absolute atomic E-state index is 11.9. The first-order valence-corrected chi connectivity index (χ1v) is 10.6. The summed E-state index contributed by atoms with van der Waals surface area (Å²) < 4.78 is 23.7. The number of hydrogen-bond donors (Lipinski definition) is 2. The molecular weight excluding hydrogens is 384 g/mol. The lowest BCUT2D eigenvalue weighted by Crippen LogP contribution is -2.14. The maximum Gasteiger partial charge on any atom is 0.238 e. The first-order valence-electron chi connectivity index (χ1n) is 9.05. The second-order valence-corrected chi connectivity index (χ2v) is 8.46. The number of aryl methyl sites for hydroxylation is 2. The quantitative estimate of drug-likeness (QED) is 0.528. The van der Waals surface area contributed by atoms with E-state index in [1.807, 2.05) is 55.5 Å². The summed E-state index contributed by atoms with van der Waals surface area (Å²) in [5.74, 6) is 1.18. The standard InChI is InChI=1S/C22H20N4O2S/c1-14-7-10-16(11-8-14)21-25-19-6-4-3-5-18(19)22(26-21)24-17-12-9-15(2)20(13-17)29(23,27)28/h3-13H,1-2H3,(H2,23,27,28)(H,24,25,26). The minimum Gasteiger partial charge on any atom is -0.340 e. The Balaban J connectivity index is 1.84. The fraction of sp³-hybridized carbons (Fsp3) is 0.0909. The van der Waals surface area contributed by atoms with Crippen LogP contribution in [0.5, 0.6) is 0 Å². The van der Waals surface area contributed by atoms with Crippen molar-refractivity contribution in [2.24, 2.45) is 5.14 Å². The lowest BCUT2D eigenvalue weighted by atomic mass is 10.1. The molecule has 0 saturated heterocycles. The number of nitrogens with zero attached hydrogens (tertiary/aromatic N) is 2. The molecule has 0 unspecified atom stereocenters. The summed E-state index contributed by atoms with van der Waals surface area (Å²) in [5, 5.41) is 9.41. The zero-order valence-electron chi connectivity index (χ0n) is 16.0. The van der Waals surface area contributed by atoms with Gasteiger partial charge in [-0.05, 0) is 43.7 Å². The molecule has 3 aromatic carbocycles. The number of hydrogen-bond acceptors (Lipinski definition) is 5. The molecule has 0 aliphatic heterocycles. The van der Waals surface area contributed by atoms with Crippen molar-refractivity contribution in [1.82, 2.24) is 9.97 Å². The topological polar surface area (TPSA) is 98.0 Å². The number of para-hydroxylation sites is 1. The van der Waals surface area contributed by atoms with Crippen LogP contribution in [0.3, 0.4) is 0 Å². The van der Waals surface area contributed by atoms with E-state index in [2.05, 4.69) is 10.3 Å². The first-order chi connectivity index (χ1) is 13.8. The molecule has 0 spiro atoms. The van der Waals surface area contributed by atoms with Crippen molar-refractivity contribution in [3.63, 3.8) is 0 Å². The van der Waals surface area contributed by atoms with Gasteiger partial charge in [-0.25, -0.2) is 23.5 Å². The SMILES string of the molecule is Cc1ccc(-c2nc(Nc3ccc(C)c(S(N)(=O)=O)c3)c3ccccc3n2)cc1. The Kier molecular flexibility index (Phi) is 4.77. The number of anilines is 2. The molecule has 0 aliphatic rings. The molecule has 1 heterocycles. The molecule has 29 heavy (non-hydrogen) atoms. The molecule has 3 N–H and O–H groups in total. The summed E-state index contributed by atoms with van der Waals surface area (Å²) in [4.78, 5) is 9.47. The fourth-order valence-electron chi connectivity index (χ4n) is 3.12. The minimum atomic E-state index is -3.82. The van der Waals surface area contributed by atoms with Gasteiger partial charge in [-0.1, -0.05) is 48.0 Å². The predicted octanol–water partition coefficient (Wildman–Crippen LogP) is 4.30. The van der Waals surface area contributed by atoms with Crippen LogP contribution in [0.2, 0.25) is 0 Å². The summed E-state index contributed by atoms with van der Waals surface area (Å²) in [6.45, 7) is 3.73. The normalized spacial score (nSPS) is 11.6. The third kappa shape index (κ3) is 3.96. The molecule has 1 aromatic heterocycles. The Labute approximate surface area is 169 Å². The van der Waals surface area contributed by atoms with Gasteiger partial charge in [0.1, 0.15) is 5.82 Å². The van der Waals surface area contributed by atoms with Crippen LogP contribution in [-0.2, 0) is 10.0 Å². The molecule has 0 aliphatic carbocycles. The van der Waals surface area contributed by atoms with E-state index in [4.69, 9.17) is 10.1 Å². The van der Waals surface area contributed by atoms with Crippen LogP contribution in [-0.4, -0.2) is 18.4 Å². The van der Waals surface area contributed by atoms with Crippen molar-refractivity contribution < 1.29 is 8.42 Å². The first kappa shape index (κ1) is 19.0. The molecular formula is C22H20N4O2S. The Morgan fingerprint density at radius 3 is 2.34 bits per heavy atom. The molecule has 0 saturated carbocycles. The molecule has 7 heteroatoms. The smallest absolute Gasteiger partial charge is 0.238 e. The van der Waals surface area contributed by atoms with Crippen LogP contribution in [0.4, 0.5) is 11.5 Å². The molecule has 0 fully saturated rings. The van der Waals surface area contributed by atoms with E-state index in [0.29, 0.717) is 22.9 Å². The van der Waals surface area contributed by atoms with Gasteiger partial charge in [-0.2, -0.15) is 0 Å². The summed E-state index contributed by atoms with van der Waals surface area (Å²) in [5.41, 5.74) is 4.02. The highest BCUT2D eigenvalue weighted by Gasteiger charge is 2.14. The third-order valence-electron chi connectivity index (χ3n) is 4.67. The van der Waals surface area contributed by atoms with Crippen LogP contribution < -0.4 is 10.5 Å². The Bertz CT molecular complexity index is 1320. The summed E-state index contributed by atoms with van der Waals surface area (Å²) in [6, 6.07) is 20.7. The van der Waals surface area contributed by atoms with Gasteiger partial charge in [0.05, 0.1) is 10.4 Å². The van der Waals surface area contributed by atoms with Crippen molar-refractivity contribution in [2.75, 3.05) is 5.32 Å². The van der Waals surface area contributed by atoms with Crippen molar-refractivity contribution >= 4 is 32.4 Å². The third-order valence-corrected chi connectivity index (χ3v) is 5.72. The van der Waals surface area contributed by atoms with E-state index in [9.17, 15) is 8.42 Å². The molecule has 0 bridgehead atoms. The Morgan fingerprint density at radius 2 is 1.62 bits per heavy atom. The Hall–Kier alpha value is -3.29. The largest absolute Gasteiger partial charge is 0.340 e. The second kappa shape index (κ2) is 7.27. The van der Waals surface area contributed by atoms with Crippen LogP contribution in [0.1, 0.15) is 11.1 Å². The van der Waals surface area contributed by atoms with Crippen molar-refractivity contribution in [1.29, 1.82) is 0 Å². The summed E-state index contributed by atoms with van der Waals surface area (Å²) in [7, 11) is -3.82. The van der Waals surface area contributed by atoms with Crippen LogP contribution in [0, 0.1) is 13.8 Å². The molecule has 0 radical (unpaired) electrons. The number of sulfonamides is 1. The molecule has 6 nitrogen and oxygen atoms in total. The predicted molar refractivity (Wildman–Crippen MR) is 116 cm³/mol. The number of nitrogens with two attached hydrogens (primary N) is 1. The minimum absolute atomic E-state index is 0.0830. The van der Waals surface area contributed by atoms with Crippen LogP contribution >= 0.6 is 0 Å². The lowest BCUT2D eigenvalue weighted by molar-refractivity contribution is 0.597. The summed E-state index contributed by atoms with van der Waals surface area (Å²) in [6.07, 6.45) is 0. The van der Waals surface area contributed by atoms with Gasteiger partial charge in [-0.3, -0.25) is 0 Å². The van der Waals surface area contributed by atoms with E-state index >= 15 is 0 Å². The number of benzene rings is 3. The van der Waals surface area contributed by atoms with E-state index in [1.165, 1.54) is 6.07 Å². The van der Waals surface area contributed by atoms with Crippen LogP contribution in [0.25, 0.3) is 22.3 Å². The number of rotatable bonds is 4. The highest BCUT2D eigenvalue weighted by atomic mass is 32.2.